The molecule has 0 bridgehead atoms. The van der Waals surface area contributed by atoms with Crippen molar-refractivity contribution in [2.45, 2.75) is 19.9 Å². The molecule has 1 aliphatic rings. The second-order valence-electron chi connectivity index (χ2n) is 6.64. The number of carbonyl (C=O) groups excluding carboxylic acids is 1. The molecule has 4 rings (SSSR count). The minimum atomic E-state index is -0.295. The van der Waals surface area contributed by atoms with Crippen LogP contribution in [0.1, 0.15) is 23.0 Å². The number of nitrogens with zero attached hydrogens (tertiary/aromatic N) is 1. The summed E-state index contributed by atoms with van der Waals surface area (Å²) >= 11 is 0. The topological polar surface area (TPSA) is 49.7 Å². The van der Waals surface area contributed by atoms with E-state index in [0.29, 0.717) is 24.6 Å². The van der Waals surface area contributed by atoms with Gasteiger partial charge in [0.1, 0.15) is 5.69 Å². The molecule has 0 aliphatic carbocycles. The fourth-order valence-electron chi connectivity index (χ4n) is 3.86. The molecule has 2 aromatic carbocycles. The first-order valence-corrected chi connectivity index (χ1v) is 9.39. The van der Waals surface area contributed by atoms with Crippen LogP contribution < -0.4 is 9.47 Å². The summed E-state index contributed by atoms with van der Waals surface area (Å²) in [6.45, 7) is 2.88. The summed E-state index contributed by atoms with van der Waals surface area (Å²) in [6, 6.07) is 16.0. The molecule has 5 heteroatoms. The van der Waals surface area contributed by atoms with Gasteiger partial charge in [-0.1, -0.05) is 30.3 Å². The minimum absolute atomic E-state index is 0.295. The van der Waals surface area contributed by atoms with Crippen LogP contribution in [0.4, 0.5) is 0 Å². The van der Waals surface area contributed by atoms with Crippen LogP contribution in [-0.2, 0) is 17.7 Å². The van der Waals surface area contributed by atoms with Gasteiger partial charge in [-0.05, 0) is 42.7 Å². The van der Waals surface area contributed by atoms with Crippen molar-refractivity contribution in [3.05, 3.63) is 59.8 Å². The molecule has 0 spiro atoms. The number of methoxy groups -OCH3 is 2. The third-order valence-electron chi connectivity index (χ3n) is 5.14. The number of rotatable bonds is 5. The Morgan fingerprint density at radius 3 is 2.39 bits per heavy atom. The first-order chi connectivity index (χ1) is 13.7. The van der Waals surface area contributed by atoms with Crippen LogP contribution in [0.3, 0.4) is 0 Å². The third-order valence-corrected chi connectivity index (χ3v) is 5.14. The van der Waals surface area contributed by atoms with Crippen LogP contribution in [0, 0.1) is 0 Å². The van der Waals surface area contributed by atoms with Crippen molar-refractivity contribution in [3.8, 4) is 33.9 Å². The Hall–Kier alpha value is -3.21. The highest BCUT2D eigenvalue weighted by molar-refractivity contribution is 5.98. The summed E-state index contributed by atoms with van der Waals surface area (Å²) < 4.78 is 18.4. The van der Waals surface area contributed by atoms with E-state index in [-0.39, 0.29) is 5.97 Å². The number of fused-ring (bicyclic) bond motifs is 3. The van der Waals surface area contributed by atoms with Gasteiger partial charge in [0.2, 0.25) is 0 Å². The summed E-state index contributed by atoms with van der Waals surface area (Å²) in [5.41, 5.74) is 5.70. The largest absolute Gasteiger partial charge is 0.493 e. The highest BCUT2D eigenvalue weighted by Gasteiger charge is 2.28. The molecule has 3 aromatic rings. The van der Waals surface area contributed by atoms with E-state index < -0.39 is 0 Å². The number of aromatic nitrogens is 1. The van der Waals surface area contributed by atoms with Gasteiger partial charge in [0.05, 0.1) is 20.8 Å². The molecule has 144 valence electrons. The SMILES string of the molecule is CCOC(=O)c1c(-c2ccccc2)cc2n1CCc1cc(OC)c(OC)cc1-2. The second-order valence-corrected chi connectivity index (χ2v) is 6.64. The van der Waals surface area contributed by atoms with Gasteiger partial charge in [-0.25, -0.2) is 4.79 Å². The van der Waals surface area contributed by atoms with Crippen molar-refractivity contribution in [1.82, 2.24) is 4.57 Å². The van der Waals surface area contributed by atoms with Crippen LogP contribution in [0.5, 0.6) is 11.5 Å². The number of aryl methyl sites for hydroxylation is 1. The Morgan fingerprint density at radius 1 is 1.00 bits per heavy atom. The lowest BCUT2D eigenvalue weighted by atomic mass is 9.97. The van der Waals surface area contributed by atoms with Crippen LogP contribution in [0.25, 0.3) is 22.4 Å². The Labute approximate surface area is 164 Å². The van der Waals surface area contributed by atoms with Crippen LogP contribution in [-0.4, -0.2) is 31.4 Å². The van der Waals surface area contributed by atoms with E-state index in [1.165, 1.54) is 5.56 Å². The lowest BCUT2D eigenvalue weighted by Gasteiger charge is -2.22. The summed E-state index contributed by atoms with van der Waals surface area (Å²) in [5, 5.41) is 0. The molecule has 0 atom stereocenters. The molecule has 1 aromatic heterocycles. The molecule has 0 fully saturated rings. The molecular formula is C23H23NO4. The van der Waals surface area contributed by atoms with Crippen molar-refractivity contribution in [2.24, 2.45) is 0 Å². The molecule has 5 nitrogen and oxygen atoms in total. The van der Waals surface area contributed by atoms with Crippen LogP contribution >= 0.6 is 0 Å². The maximum absolute atomic E-state index is 12.8. The normalized spacial score (nSPS) is 12.1. The fourth-order valence-corrected chi connectivity index (χ4v) is 3.86. The van der Waals surface area contributed by atoms with Crippen molar-refractivity contribution in [2.75, 3.05) is 20.8 Å². The van der Waals surface area contributed by atoms with Crippen LogP contribution in [0.2, 0.25) is 0 Å². The van der Waals surface area contributed by atoms with Gasteiger partial charge in [-0.15, -0.1) is 0 Å². The summed E-state index contributed by atoms with van der Waals surface area (Å²) in [7, 11) is 3.27. The van der Waals surface area contributed by atoms with Gasteiger partial charge in [-0.3, -0.25) is 0 Å². The maximum atomic E-state index is 12.8. The average Bonchev–Trinajstić information content (AvgIpc) is 3.13. The van der Waals surface area contributed by atoms with E-state index in [4.69, 9.17) is 14.2 Å². The Balaban J connectivity index is 1.94. The Morgan fingerprint density at radius 2 is 1.71 bits per heavy atom. The van der Waals surface area contributed by atoms with Crippen molar-refractivity contribution < 1.29 is 19.0 Å². The van der Waals surface area contributed by atoms with Crippen molar-refractivity contribution >= 4 is 5.97 Å². The second kappa shape index (κ2) is 7.43. The highest BCUT2D eigenvalue weighted by Crippen LogP contribution is 2.42. The lowest BCUT2D eigenvalue weighted by molar-refractivity contribution is 0.0515. The van der Waals surface area contributed by atoms with Gasteiger partial charge in [-0.2, -0.15) is 0 Å². The monoisotopic (exact) mass is 377 g/mol. The lowest BCUT2D eigenvalue weighted by Crippen LogP contribution is -2.18. The zero-order valence-corrected chi connectivity index (χ0v) is 16.3. The molecule has 0 radical (unpaired) electrons. The number of carbonyl (C=O) groups is 1. The zero-order valence-electron chi connectivity index (χ0n) is 16.3. The number of ether oxygens (including phenoxy) is 3. The van der Waals surface area contributed by atoms with Crippen molar-refractivity contribution in [1.29, 1.82) is 0 Å². The fraction of sp³-hybridized carbons (Fsp3) is 0.261. The number of benzene rings is 2. The summed E-state index contributed by atoms with van der Waals surface area (Å²) in [6.07, 6.45) is 0.804. The van der Waals surface area contributed by atoms with E-state index in [1.54, 1.807) is 14.2 Å². The highest BCUT2D eigenvalue weighted by atomic mass is 16.5. The molecule has 1 aliphatic heterocycles. The molecule has 0 saturated carbocycles. The first kappa shape index (κ1) is 18.2. The van der Waals surface area contributed by atoms with Gasteiger partial charge in [0.25, 0.3) is 0 Å². The molecular weight excluding hydrogens is 354 g/mol. The first-order valence-electron chi connectivity index (χ1n) is 9.39. The predicted octanol–water partition coefficient (Wildman–Crippen LogP) is 4.57. The van der Waals surface area contributed by atoms with Gasteiger partial charge in [0.15, 0.2) is 11.5 Å². The van der Waals surface area contributed by atoms with Gasteiger partial charge >= 0.3 is 5.97 Å². The summed E-state index contributed by atoms with van der Waals surface area (Å²) in [5.74, 6) is 1.10. The van der Waals surface area contributed by atoms with E-state index in [2.05, 4.69) is 10.6 Å². The third kappa shape index (κ3) is 2.93. The quantitative estimate of drug-likeness (QED) is 0.611. The molecule has 28 heavy (non-hydrogen) atoms. The molecule has 0 unspecified atom stereocenters. The minimum Gasteiger partial charge on any atom is -0.493 e. The Bertz CT molecular complexity index is 1020. The molecule has 2 heterocycles. The van der Waals surface area contributed by atoms with E-state index >= 15 is 0 Å². The van der Waals surface area contributed by atoms with E-state index in [0.717, 1.165) is 34.6 Å². The van der Waals surface area contributed by atoms with E-state index in [1.807, 2.05) is 49.4 Å². The maximum Gasteiger partial charge on any atom is 0.355 e. The zero-order chi connectivity index (χ0) is 19.7. The molecule has 0 N–H and O–H groups in total. The average molecular weight is 377 g/mol. The smallest absolute Gasteiger partial charge is 0.355 e. The van der Waals surface area contributed by atoms with Gasteiger partial charge < -0.3 is 18.8 Å². The van der Waals surface area contributed by atoms with E-state index in [9.17, 15) is 4.79 Å². The standard InChI is InChI=1S/C23H23NO4/c1-4-28-23(25)22-18(15-8-6-5-7-9-15)13-19-17-14-21(27-3)20(26-2)12-16(17)10-11-24(19)22/h5-9,12-14H,4,10-11H2,1-3H3. The Kier molecular flexibility index (Phi) is 4.82. The number of esters is 1. The van der Waals surface area contributed by atoms with Crippen LogP contribution in [0.15, 0.2) is 48.5 Å². The summed E-state index contributed by atoms with van der Waals surface area (Å²) in [4.78, 5) is 12.8. The molecule has 0 amide bonds. The predicted molar refractivity (Wildman–Crippen MR) is 108 cm³/mol. The van der Waals surface area contributed by atoms with Gasteiger partial charge in [0, 0.05) is 23.4 Å². The van der Waals surface area contributed by atoms with Crippen molar-refractivity contribution in [3.63, 3.8) is 0 Å². The molecule has 0 saturated heterocycles. The number of hydrogen-bond donors (Lipinski definition) is 0. The number of hydrogen-bond acceptors (Lipinski definition) is 4.